The number of nitrogens with one attached hydrogen (secondary N) is 1. The standard InChI is InChI=1S/C13H12BrNO4/c1-2-18-13(17)11-10(16)7-19-12(11)15-9-5-3-4-8(14)6-9/h3-6,15H,2,7H2,1H3. The lowest BCUT2D eigenvalue weighted by Crippen LogP contribution is -2.16. The highest BCUT2D eigenvalue weighted by Crippen LogP contribution is 2.22. The Bertz CT molecular complexity index is 553. The minimum Gasteiger partial charge on any atom is -0.470 e. The molecule has 0 fully saturated rings. The number of rotatable bonds is 4. The summed E-state index contributed by atoms with van der Waals surface area (Å²) in [6, 6.07) is 7.30. The second-order valence-corrected chi connectivity index (χ2v) is 4.69. The first-order chi connectivity index (χ1) is 9.11. The molecule has 1 aromatic carbocycles. The molecule has 0 aromatic heterocycles. The molecule has 0 bridgehead atoms. The molecule has 0 spiro atoms. The van der Waals surface area contributed by atoms with E-state index < -0.39 is 5.97 Å². The van der Waals surface area contributed by atoms with Gasteiger partial charge in [0.15, 0.2) is 12.2 Å². The Kier molecular flexibility index (Phi) is 4.21. The van der Waals surface area contributed by atoms with E-state index in [1.807, 2.05) is 18.2 Å². The Morgan fingerprint density at radius 2 is 2.32 bits per heavy atom. The molecule has 1 aliphatic heterocycles. The van der Waals surface area contributed by atoms with E-state index in [1.165, 1.54) is 0 Å². The molecule has 0 unspecified atom stereocenters. The van der Waals surface area contributed by atoms with Gasteiger partial charge in [-0.25, -0.2) is 4.79 Å². The van der Waals surface area contributed by atoms with E-state index in [0.29, 0.717) is 5.69 Å². The Morgan fingerprint density at radius 3 is 3.00 bits per heavy atom. The third-order valence-electron chi connectivity index (χ3n) is 2.42. The second kappa shape index (κ2) is 5.88. The van der Waals surface area contributed by atoms with Crippen LogP contribution in [0.5, 0.6) is 0 Å². The lowest BCUT2D eigenvalue weighted by Gasteiger charge is -2.08. The van der Waals surface area contributed by atoms with Gasteiger partial charge in [0.05, 0.1) is 6.61 Å². The molecule has 0 atom stereocenters. The van der Waals surface area contributed by atoms with E-state index in [4.69, 9.17) is 9.47 Å². The van der Waals surface area contributed by atoms with Crippen molar-refractivity contribution in [3.8, 4) is 0 Å². The molecule has 5 nitrogen and oxygen atoms in total. The van der Waals surface area contributed by atoms with Gasteiger partial charge in [-0.15, -0.1) is 0 Å². The van der Waals surface area contributed by atoms with Crippen molar-refractivity contribution >= 4 is 33.4 Å². The zero-order valence-electron chi connectivity index (χ0n) is 10.2. The van der Waals surface area contributed by atoms with Crippen LogP contribution >= 0.6 is 15.9 Å². The van der Waals surface area contributed by atoms with Crippen molar-refractivity contribution in [3.63, 3.8) is 0 Å². The molecule has 0 amide bonds. The first-order valence-electron chi connectivity index (χ1n) is 5.71. The third kappa shape index (κ3) is 3.14. The highest BCUT2D eigenvalue weighted by atomic mass is 79.9. The van der Waals surface area contributed by atoms with Crippen LogP contribution in [0, 0.1) is 0 Å². The fourth-order valence-corrected chi connectivity index (χ4v) is 2.01. The van der Waals surface area contributed by atoms with Gasteiger partial charge in [-0.3, -0.25) is 4.79 Å². The number of carbonyl (C=O) groups is 2. The maximum absolute atomic E-state index is 11.7. The van der Waals surface area contributed by atoms with Gasteiger partial charge in [0.25, 0.3) is 0 Å². The summed E-state index contributed by atoms with van der Waals surface area (Å²) in [4.78, 5) is 23.3. The predicted octanol–water partition coefficient (Wildman–Crippen LogP) is 2.23. The van der Waals surface area contributed by atoms with Gasteiger partial charge in [0.1, 0.15) is 0 Å². The van der Waals surface area contributed by atoms with E-state index in [0.717, 1.165) is 4.47 Å². The zero-order valence-corrected chi connectivity index (χ0v) is 11.8. The van der Waals surface area contributed by atoms with Crippen LogP contribution in [-0.4, -0.2) is 25.0 Å². The van der Waals surface area contributed by atoms with Gasteiger partial charge in [0.2, 0.25) is 11.7 Å². The number of carbonyl (C=O) groups excluding carboxylic acids is 2. The minimum absolute atomic E-state index is 0.0678. The van der Waals surface area contributed by atoms with Gasteiger partial charge in [0, 0.05) is 10.2 Å². The molecule has 0 saturated carbocycles. The monoisotopic (exact) mass is 325 g/mol. The minimum atomic E-state index is -0.664. The van der Waals surface area contributed by atoms with Crippen LogP contribution in [0.1, 0.15) is 6.92 Å². The fraction of sp³-hybridized carbons (Fsp3) is 0.231. The summed E-state index contributed by atoms with van der Waals surface area (Å²) < 4.78 is 10.9. The van der Waals surface area contributed by atoms with Crippen molar-refractivity contribution in [2.45, 2.75) is 6.92 Å². The summed E-state index contributed by atoms with van der Waals surface area (Å²) in [6.45, 7) is 1.74. The van der Waals surface area contributed by atoms with Crippen LogP contribution in [0.3, 0.4) is 0 Å². The molecule has 1 aromatic rings. The van der Waals surface area contributed by atoms with Crippen molar-refractivity contribution in [1.29, 1.82) is 0 Å². The summed E-state index contributed by atoms with van der Waals surface area (Å²) >= 11 is 3.34. The summed E-state index contributed by atoms with van der Waals surface area (Å²) in [6.07, 6.45) is 0. The summed E-state index contributed by atoms with van der Waals surface area (Å²) in [7, 11) is 0. The third-order valence-corrected chi connectivity index (χ3v) is 2.91. The maximum Gasteiger partial charge on any atom is 0.347 e. The number of ketones is 1. The van der Waals surface area contributed by atoms with E-state index in [1.54, 1.807) is 13.0 Å². The van der Waals surface area contributed by atoms with E-state index in [9.17, 15) is 9.59 Å². The van der Waals surface area contributed by atoms with Gasteiger partial charge in [-0.2, -0.15) is 0 Å². The molecule has 19 heavy (non-hydrogen) atoms. The fourth-order valence-electron chi connectivity index (χ4n) is 1.61. The SMILES string of the molecule is CCOC(=O)C1=C(Nc2cccc(Br)c2)OCC1=O. The highest BCUT2D eigenvalue weighted by Gasteiger charge is 2.32. The molecule has 2 rings (SSSR count). The first kappa shape index (κ1) is 13.6. The number of esters is 1. The van der Waals surface area contributed by atoms with Gasteiger partial charge >= 0.3 is 5.97 Å². The number of benzene rings is 1. The zero-order chi connectivity index (χ0) is 13.8. The van der Waals surface area contributed by atoms with E-state index >= 15 is 0 Å². The summed E-state index contributed by atoms with van der Waals surface area (Å²) in [5, 5.41) is 2.91. The summed E-state index contributed by atoms with van der Waals surface area (Å²) in [5.41, 5.74) is 0.641. The Hall–Kier alpha value is -1.82. The van der Waals surface area contributed by atoms with Crippen LogP contribution in [0.25, 0.3) is 0 Å². The smallest absolute Gasteiger partial charge is 0.347 e. The Morgan fingerprint density at radius 1 is 1.53 bits per heavy atom. The molecular formula is C13H12BrNO4. The van der Waals surface area contributed by atoms with Gasteiger partial charge in [-0.05, 0) is 25.1 Å². The number of hydrogen-bond acceptors (Lipinski definition) is 5. The number of Topliss-reactive ketones (excluding diaryl/α,β-unsaturated/α-hetero) is 1. The molecule has 100 valence electrons. The Labute approximate surface area is 118 Å². The first-order valence-corrected chi connectivity index (χ1v) is 6.51. The number of hydrogen-bond donors (Lipinski definition) is 1. The van der Waals surface area contributed by atoms with Crippen molar-refractivity contribution < 1.29 is 19.1 Å². The van der Waals surface area contributed by atoms with Crippen LogP contribution in [0.4, 0.5) is 5.69 Å². The lowest BCUT2D eigenvalue weighted by molar-refractivity contribution is -0.139. The molecule has 0 saturated heterocycles. The van der Waals surface area contributed by atoms with Crippen LogP contribution in [0.2, 0.25) is 0 Å². The largest absolute Gasteiger partial charge is 0.470 e. The van der Waals surface area contributed by atoms with Gasteiger partial charge < -0.3 is 14.8 Å². The predicted molar refractivity (Wildman–Crippen MR) is 72.4 cm³/mol. The Balaban J connectivity index is 2.25. The van der Waals surface area contributed by atoms with E-state index in [2.05, 4.69) is 21.2 Å². The van der Waals surface area contributed by atoms with Gasteiger partial charge in [-0.1, -0.05) is 22.0 Å². The maximum atomic E-state index is 11.7. The average molecular weight is 326 g/mol. The molecule has 0 aliphatic carbocycles. The number of anilines is 1. The van der Waals surface area contributed by atoms with Crippen LogP contribution in [0.15, 0.2) is 40.2 Å². The average Bonchev–Trinajstić information content (AvgIpc) is 2.71. The molecule has 1 heterocycles. The van der Waals surface area contributed by atoms with Crippen molar-refractivity contribution in [2.24, 2.45) is 0 Å². The molecular weight excluding hydrogens is 314 g/mol. The molecule has 0 radical (unpaired) electrons. The topological polar surface area (TPSA) is 64.6 Å². The quantitative estimate of drug-likeness (QED) is 0.679. The molecule has 6 heteroatoms. The molecule has 1 N–H and O–H groups in total. The second-order valence-electron chi connectivity index (χ2n) is 3.77. The number of halogens is 1. The van der Waals surface area contributed by atoms with Crippen molar-refractivity contribution in [2.75, 3.05) is 18.5 Å². The highest BCUT2D eigenvalue weighted by molar-refractivity contribution is 9.10. The summed E-state index contributed by atoms with van der Waals surface area (Å²) in [5.74, 6) is -0.903. The lowest BCUT2D eigenvalue weighted by atomic mass is 10.2. The van der Waals surface area contributed by atoms with Crippen LogP contribution < -0.4 is 5.32 Å². The number of ether oxygens (including phenoxy) is 2. The normalized spacial score (nSPS) is 14.3. The van der Waals surface area contributed by atoms with Crippen LogP contribution in [-0.2, 0) is 19.1 Å². The van der Waals surface area contributed by atoms with Crippen molar-refractivity contribution in [1.82, 2.24) is 0 Å². The molecule has 1 aliphatic rings. The van der Waals surface area contributed by atoms with E-state index in [-0.39, 0.29) is 30.5 Å². The van der Waals surface area contributed by atoms with Crippen molar-refractivity contribution in [3.05, 3.63) is 40.2 Å².